The molecule has 0 aliphatic heterocycles. The minimum atomic E-state index is -0.514. The van der Waals surface area contributed by atoms with Crippen molar-refractivity contribution in [2.24, 2.45) is 0 Å². The van der Waals surface area contributed by atoms with E-state index in [1.807, 2.05) is 44.2 Å². The SMILES string of the molecule is Cc1cc(Cl)ccc1-c1nc(C)c(COC(=O)Nc2ccc3n[nH]cc3c2)s1. The lowest BCUT2D eigenvalue weighted by atomic mass is 10.1. The van der Waals surface area contributed by atoms with Crippen molar-refractivity contribution in [1.82, 2.24) is 15.2 Å². The molecule has 0 fully saturated rings. The second kappa shape index (κ2) is 7.61. The minimum Gasteiger partial charge on any atom is -0.444 e. The molecule has 0 radical (unpaired) electrons. The van der Waals surface area contributed by atoms with E-state index in [0.717, 1.165) is 37.6 Å². The molecule has 142 valence electrons. The van der Waals surface area contributed by atoms with Gasteiger partial charge in [-0.2, -0.15) is 5.10 Å². The number of nitrogens with zero attached hydrogens (tertiary/aromatic N) is 2. The Hall–Kier alpha value is -2.90. The highest BCUT2D eigenvalue weighted by atomic mass is 35.5. The third kappa shape index (κ3) is 3.85. The van der Waals surface area contributed by atoms with Gasteiger partial charge in [-0.1, -0.05) is 17.7 Å². The summed E-state index contributed by atoms with van der Waals surface area (Å²) in [6.45, 7) is 4.07. The zero-order valence-corrected chi connectivity index (χ0v) is 16.8. The molecule has 4 aromatic rings. The molecule has 0 saturated carbocycles. The van der Waals surface area contributed by atoms with E-state index in [0.29, 0.717) is 10.7 Å². The normalized spacial score (nSPS) is 11.0. The van der Waals surface area contributed by atoms with Crippen LogP contribution in [0.25, 0.3) is 21.5 Å². The molecule has 0 saturated heterocycles. The molecule has 2 aromatic carbocycles. The van der Waals surface area contributed by atoms with Gasteiger partial charge in [0.15, 0.2) is 0 Å². The van der Waals surface area contributed by atoms with Crippen LogP contribution in [-0.4, -0.2) is 21.3 Å². The summed E-state index contributed by atoms with van der Waals surface area (Å²) in [5, 5.41) is 12.1. The lowest BCUT2D eigenvalue weighted by Crippen LogP contribution is -2.13. The fraction of sp³-hybridized carbons (Fsp3) is 0.150. The minimum absolute atomic E-state index is 0.163. The number of thiazole rings is 1. The van der Waals surface area contributed by atoms with E-state index in [-0.39, 0.29) is 6.61 Å². The van der Waals surface area contributed by atoms with E-state index in [1.165, 1.54) is 11.3 Å². The number of rotatable bonds is 4. The standard InChI is InChI=1S/C20H17ClN4O2S/c1-11-7-14(21)3-5-16(11)19-23-12(2)18(28-19)10-27-20(26)24-15-4-6-17-13(8-15)9-22-25-17/h3-9H,10H2,1-2H3,(H,22,25)(H,24,26). The number of carbonyl (C=O) groups is 1. The quantitative estimate of drug-likeness (QED) is 0.450. The molecule has 6 nitrogen and oxygen atoms in total. The zero-order chi connectivity index (χ0) is 19.7. The van der Waals surface area contributed by atoms with Crippen LogP contribution in [0.1, 0.15) is 16.1 Å². The highest BCUT2D eigenvalue weighted by Gasteiger charge is 2.14. The Balaban J connectivity index is 1.43. The third-order valence-corrected chi connectivity index (χ3v) is 5.72. The van der Waals surface area contributed by atoms with Gasteiger partial charge in [-0.05, 0) is 49.7 Å². The Labute approximate surface area is 170 Å². The van der Waals surface area contributed by atoms with Gasteiger partial charge in [0.2, 0.25) is 0 Å². The number of aryl methyl sites for hydroxylation is 2. The van der Waals surface area contributed by atoms with E-state index >= 15 is 0 Å². The average molecular weight is 413 g/mol. The van der Waals surface area contributed by atoms with E-state index in [2.05, 4.69) is 20.5 Å². The fourth-order valence-corrected chi connectivity index (χ4v) is 4.14. The van der Waals surface area contributed by atoms with Crippen LogP contribution in [0.15, 0.2) is 42.6 Å². The van der Waals surface area contributed by atoms with Gasteiger partial charge in [0.05, 0.1) is 16.1 Å². The maximum absolute atomic E-state index is 12.2. The highest BCUT2D eigenvalue weighted by molar-refractivity contribution is 7.15. The zero-order valence-electron chi connectivity index (χ0n) is 15.2. The van der Waals surface area contributed by atoms with Crippen molar-refractivity contribution in [3.05, 3.63) is 63.8 Å². The second-order valence-corrected chi connectivity index (χ2v) is 7.87. The Kier molecular flexibility index (Phi) is 5.02. The number of H-pyrrole nitrogens is 1. The predicted molar refractivity (Wildman–Crippen MR) is 112 cm³/mol. The summed E-state index contributed by atoms with van der Waals surface area (Å²) < 4.78 is 5.38. The Bertz CT molecular complexity index is 1170. The smallest absolute Gasteiger partial charge is 0.411 e. The number of ether oxygens (including phenoxy) is 1. The number of fused-ring (bicyclic) bond motifs is 1. The van der Waals surface area contributed by atoms with Gasteiger partial charge < -0.3 is 4.74 Å². The number of amides is 1. The van der Waals surface area contributed by atoms with Crippen LogP contribution >= 0.6 is 22.9 Å². The van der Waals surface area contributed by atoms with E-state index in [1.54, 1.807) is 12.3 Å². The van der Waals surface area contributed by atoms with Gasteiger partial charge in [-0.3, -0.25) is 10.4 Å². The summed E-state index contributed by atoms with van der Waals surface area (Å²) in [4.78, 5) is 17.7. The second-order valence-electron chi connectivity index (χ2n) is 6.35. The fourth-order valence-electron chi connectivity index (χ4n) is 2.85. The Morgan fingerprint density at radius 3 is 2.93 bits per heavy atom. The van der Waals surface area contributed by atoms with Crippen molar-refractivity contribution in [3.8, 4) is 10.6 Å². The Morgan fingerprint density at radius 2 is 2.11 bits per heavy atom. The van der Waals surface area contributed by atoms with Gasteiger partial charge in [-0.15, -0.1) is 11.3 Å². The number of nitrogens with one attached hydrogen (secondary N) is 2. The molecule has 8 heteroatoms. The summed E-state index contributed by atoms with van der Waals surface area (Å²) in [7, 11) is 0. The largest absolute Gasteiger partial charge is 0.444 e. The average Bonchev–Trinajstić information content (AvgIpc) is 3.26. The Morgan fingerprint density at radius 1 is 1.25 bits per heavy atom. The van der Waals surface area contributed by atoms with Gasteiger partial charge in [0.25, 0.3) is 0 Å². The van der Waals surface area contributed by atoms with Gasteiger partial charge in [0, 0.05) is 27.9 Å². The summed E-state index contributed by atoms with van der Waals surface area (Å²) in [5.74, 6) is 0. The lowest BCUT2D eigenvalue weighted by molar-refractivity contribution is 0.156. The number of hydrogen-bond acceptors (Lipinski definition) is 5. The monoisotopic (exact) mass is 412 g/mol. The predicted octanol–water partition coefficient (Wildman–Crippen LogP) is 5.71. The first-order valence-electron chi connectivity index (χ1n) is 8.60. The molecule has 4 rings (SSSR count). The van der Waals surface area contributed by atoms with E-state index in [9.17, 15) is 4.79 Å². The molecule has 0 aliphatic rings. The molecule has 0 atom stereocenters. The van der Waals surface area contributed by atoms with Crippen LogP contribution in [0.5, 0.6) is 0 Å². The van der Waals surface area contributed by atoms with Crippen LogP contribution in [-0.2, 0) is 11.3 Å². The van der Waals surface area contributed by atoms with Gasteiger partial charge >= 0.3 is 6.09 Å². The van der Waals surface area contributed by atoms with Crippen molar-refractivity contribution in [2.75, 3.05) is 5.32 Å². The number of benzene rings is 2. The summed E-state index contributed by atoms with van der Waals surface area (Å²) in [6, 6.07) is 11.2. The highest BCUT2D eigenvalue weighted by Crippen LogP contribution is 2.32. The van der Waals surface area contributed by atoms with Crippen molar-refractivity contribution >= 4 is 45.6 Å². The molecular weight excluding hydrogens is 396 g/mol. The number of anilines is 1. The molecule has 1 amide bonds. The van der Waals surface area contributed by atoms with Crippen LogP contribution in [0.4, 0.5) is 10.5 Å². The first-order chi connectivity index (χ1) is 13.5. The lowest BCUT2D eigenvalue weighted by Gasteiger charge is -2.06. The van der Waals surface area contributed by atoms with Crippen molar-refractivity contribution in [1.29, 1.82) is 0 Å². The first kappa shape index (κ1) is 18.5. The van der Waals surface area contributed by atoms with E-state index in [4.69, 9.17) is 16.3 Å². The number of aromatic amines is 1. The van der Waals surface area contributed by atoms with Gasteiger partial charge in [-0.25, -0.2) is 9.78 Å². The third-order valence-electron chi connectivity index (χ3n) is 4.32. The molecule has 0 unspecified atom stereocenters. The van der Waals surface area contributed by atoms with Gasteiger partial charge in [0.1, 0.15) is 11.6 Å². The summed E-state index contributed by atoms with van der Waals surface area (Å²) in [5.41, 5.74) is 4.42. The van der Waals surface area contributed by atoms with Crippen molar-refractivity contribution in [3.63, 3.8) is 0 Å². The molecule has 2 N–H and O–H groups in total. The van der Waals surface area contributed by atoms with E-state index < -0.39 is 6.09 Å². The molecule has 2 heterocycles. The number of aromatic nitrogens is 3. The van der Waals surface area contributed by atoms with Crippen LogP contribution in [0.2, 0.25) is 5.02 Å². The number of hydrogen-bond donors (Lipinski definition) is 2. The molecule has 2 aromatic heterocycles. The molecular formula is C20H17ClN4O2S. The molecule has 0 aliphatic carbocycles. The first-order valence-corrected chi connectivity index (χ1v) is 9.79. The maximum atomic E-state index is 12.2. The maximum Gasteiger partial charge on any atom is 0.411 e. The topological polar surface area (TPSA) is 79.9 Å². The van der Waals surface area contributed by atoms with Crippen molar-refractivity contribution in [2.45, 2.75) is 20.5 Å². The van der Waals surface area contributed by atoms with Crippen LogP contribution in [0.3, 0.4) is 0 Å². The summed E-state index contributed by atoms with van der Waals surface area (Å²) in [6.07, 6.45) is 1.26. The number of carbonyl (C=O) groups excluding carboxylic acids is 1. The van der Waals surface area contributed by atoms with Crippen molar-refractivity contribution < 1.29 is 9.53 Å². The molecule has 28 heavy (non-hydrogen) atoms. The molecule has 0 spiro atoms. The number of halogens is 1. The summed E-state index contributed by atoms with van der Waals surface area (Å²) >= 11 is 7.54. The van der Waals surface area contributed by atoms with Crippen LogP contribution < -0.4 is 5.32 Å². The van der Waals surface area contributed by atoms with Crippen LogP contribution in [0, 0.1) is 13.8 Å². The molecule has 0 bridgehead atoms.